The van der Waals surface area contributed by atoms with Crippen molar-refractivity contribution in [3.05, 3.63) is 30.1 Å². The summed E-state index contributed by atoms with van der Waals surface area (Å²) in [5.74, 6) is -1.45. The van der Waals surface area contributed by atoms with E-state index in [1.54, 1.807) is 14.1 Å². The molecule has 1 aromatic rings. The number of halogens is 1. The monoisotopic (exact) mass is 346 g/mol. The van der Waals surface area contributed by atoms with Gasteiger partial charge < -0.3 is 9.64 Å². The first kappa shape index (κ1) is 19.0. The molecular weight excluding hydrogens is 327 g/mol. The van der Waals surface area contributed by atoms with Crippen molar-refractivity contribution in [2.24, 2.45) is 0 Å². The summed E-state index contributed by atoms with van der Waals surface area (Å²) in [6.07, 6.45) is 0.196. The molecule has 23 heavy (non-hydrogen) atoms. The molecule has 0 radical (unpaired) electrons. The van der Waals surface area contributed by atoms with Crippen LogP contribution in [0, 0.1) is 5.82 Å². The first-order chi connectivity index (χ1) is 10.7. The van der Waals surface area contributed by atoms with Crippen LogP contribution in [0.4, 0.5) is 4.39 Å². The molecule has 0 saturated carbocycles. The molecule has 0 atom stereocenters. The predicted molar refractivity (Wildman–Crippen MR) is 80.5 cm³/mol. The van der Waals surface area contributed by atoms with E-state index in [1.165, 1.54) is 4.90 Å². The highest BCUT2D eigenvalue weighted by molar-refractivity contribution is 7.89. The molecular formula is C14H19FN2O5S. The summed E-state index contributed by atoms with van der Waals surface area (Å²) in [5.41, 5.74) is 0. The molecule has 128 valence electrons. The molecule has 0 fully saturated rings. The van der Waals surface area contributed by atoms with Gasteiger partial charge in [0.05, 0.1) is 4.90 Å². The highest BCUT2D eigenvalue weighted by Crippen LogP contribution is 2.09. The number of carbonyl (C=O) groups excluding carboxylic acids is 2. The number of likely N-dealkylation sites (N-methyl/N-ethyl adjacent to an activating group) is 1. The fourth-order valence-electron chi connectivity index (χ4n) is 1.48. The number of benzene rings is 1. The molecule has 1 rings (SSSR count). The zero-order valence-electron chi connectivity index (χ0n) is 12.9. The standard InChI is InChI=1S/C14H19FN2O5S/c1-17(2)13(18)10-22-14(19)4-3-9-16-23(20,21)12-7-5-11(15)6-8-12/h5-8,16H,3-4,9-10H2,1-2H3. The Balaban J connectivity index is 2.32. The minimum absolute atomic E-state index is 0.0212. The van der Waals surface area contributed by atoms with E-state index in [0.29, 0.717) is 0 Å². The molecule has 0 spiro atoms. The van der Waals surface area contributed by atoms with Crippen LogP contribution >= 0.6 is 0 Å². The number of carbonyl (C=O) groups is 2. The summed E-state index contributed by atoms with van der Waals surface area (Å²) in [6.45, 7) is -0.316. The molecule has 1 amide bonds. The summed E-state index contributed by atoms with van der Waals surface area (Å²) in [6, 6.07) is 4.40. The number of amides is 1. The minimum Gasteiger partial charge on any atom is -0.456 e. The lowest BCUT2D eigenvalue weighted by Crippen LogP contribution is -2.28. The topological polar surface area (TPSA) is 92.8 Å². The number of nitrogens with one attached hydrogen (secondary N) is 1. The minimum atomic E-state index is -3.74. The number of nitrogens with zero attached hydrogens (tertiary/aromatic N) is 1. The Morgan fingerprint density at radius 2 is 1.83 bits per heavy atom. The molecule has 0 aliphatic heterocycles. The predicted octanol–water partition coefficient (Wildman–Crippen LogP) is 0.516. The maximum absolute atomic E-state index is 12.8. The van der Waals surface area contributed by atoms with Gasteiger partial charge in [-0.2, -0.15) is 0 Å². The van der Waals surface area contributed by atoms with Crippen molar-refractivity contribution in [1.29, 1.82) is 0 Å². The van der Waals surface area contributed by atoms with Crippen LogP contribution in [0.1, 0.15) is 12.8 Å². The Bertz CT molecular complexity index is 644. The molecule has 0 aliphatic carbocycles. The number of sulfonamides is 1. The molecule has 0 bridgehead atoms. The van der Waals surface area contributed by atoms with E-state index < -0.39 is 21.8 Å². The quantitative estimate of drug-likeness (QED) is 0.547. The van der Waals surface area contributed by atoms with Crippen LogP contribution in [0.5, 0.6) is 0 Å². The van der Waals surface area contributed by atoms with Gasteiger partial charge in [-0.05, 0) is 30.7 Å². The SMILES string of the molecule is CN(C)C(=O)COC(=O)CCCNS(=O)(=O)c1ccc(F)cc1. The van der Waals surface area contributed by atoms with E-state index in [2.05, 4.69) is 4.72 Å². The molecule has 1 N–H and O–H groups in total. The highest BCUT2D eigenvalue weighted by Gasteiger charge is 2.14. The average Bonchev–Trinajstić information content (AvgIpc) is 2.49. The van der Waals surface area contributed by atoms with E-state index in [1.807, 2.05) is 0 Å². The van der Waals surface area contributed by atoms with Gasteiger partial charge in [-0.25, -0.2) is 17.5 Å². The van der Waals surface area contributed by atoms with Gasteiger partial charge in [0.25, 0.3) is 5.91 Å². The van der Waals surface area contributed by atoms with E-state index in [9.17, 15) is 22.4 Å². The average molecular weight is 346 g/mol. The number of ether oxygens (including phenoxy) is 1. The zero-order valence-corrected chi connectivity index (χ0v) is 13.7. The summed E-state index contributed by atoms with van der Waals surface area (Å²) in [7, 11) is -0.657. The van der Waals surface area contributed by atoms with Gasteiger partial charge in [-0.3, -0.25) is 9.59 Å². The second kappa shape index (κ2) is 8.59. The number of esters is 1. The third kappa shape index (κ3) is 6.74. The fourth-order valence-corrected chi connectivity index (χ4v) is 2.55. The third-order valence-electron chi connectivity index (χ3n) is 2.83. The Kier molecular flexibility index (Phi) is 7.11. The molecule has 0 aliphatic rings. The van der Waals surface area contributed by atoms with Crippen LogP contribution in [0.15, 0.2) is 29.2 Å². The molecule has 0 unspecified atom stereocenters. The number of rotatable bonds is 8. The maximum atomic E-state index is 12.8. The molecule has 0 saturated heterocycles. The summed E-state index contributed by atoms with van der Waals surface area (Å²) in [4.78, 5) is 23.8. The smallest absolute Gasteiger partial charge is 0.306 e. The van der Waals surface area contributed by atoms with Crippen LogP contribution in [0.3, 0.4) is 0 Å². The second-order valence-corrected chi connectivity index (χ2v) is 6.67. The van der Waals surface area contributed by atoms with E-state index >= 15 is 0 Å². The highest BCUT2D eigenvalue weighted by atomic mass is 32.2. The van der Waals surface area contributed by atoms with Crippen molar-refractivity contribution >= 4 is 21.9 Å². The largest absolute Gasteiger partial charge is 0.456 e. The Morgan fingerprint density at radius 1 is 1.22 bits per heavy atom. The third-order valence-corrected chi connectivity index (χ3v) is 4.31. The first-order valence-electron chi connectivity index (χ1n) is 6.83. The van der Waals surface area contributed by atoms with Crippen LogP contribution in [-0.4, -0.2) is 52.4 Å². The summed E-state index contributed by atoms with van der Waals surface area (Å²) < 4.78 is 43.6. The van der Waals surface area contributed by atoms with Crippen LogP contribution in [0.2, 0.25) is 0 Å². The van der Waals surface area contributed by atoms with Crippen molar-refractivity contribution in [3.8, 4) is 0 Å². The fraction of sp³-hybridized carbons (Fsp3) is 0.429. The van der Waals surface area contributed by atoms with Gasteiger partial charge >= 0.3 is 5.97 Å². The van der Waals surface area contributed by atoms with E-state index in [4.69, 9.17) is 4.74 Å². The van der Waals surface area contributed by atoms with Gasteiger partial charge in [0.1, 0.15) is 5.82 Å². The van der Waals surface area contributed by atoms with Crippen molar-refractivity contribution < 1.29 is 27.1 Å². The number of hydrogen-bond acceptors (Lipinski definition) is 5. The lowest BCUT2D eigenvalue weighted by molar-refractivity contribution is -0.151. The van der Waals surface area contributed by atoms with E-state index in [-0.39, 0.29) is 36.8 Å². The lowest BCUT2D eigenvalue weighted by atomic mass is 10.3. The summed E-state index contributed by atoms with van der Waals surface area (Å²) >= 11 is 0. The lowest BCUT2D eigenvalue weighted by Gasteiger charge is -2.10. The Labute approximate surface area is 134 Å². The molecule has 7 nitrogen and oxygen atoms in total. The van der Waals surface area contributed by atoms with Crippen molar-refractivity contribution in [1.82, 2.24) is 9.62 Å². The summed E-state index contributed by atoms with van der Waals surface area (Å²) in [5, 5.41) is 0. The molecule has 0 aromatic heterocycles. The van der Waals surface area contributed by atoms with Crippen molar-refractivity contribution in [3.63, 3.8) is 0 Å². The van der Waals surface area contributed by atoms with Crippen LogP contribution in [-0.2, 0) is 24.3 Å². The molecule has 1 aromatic carbocycles. The van der Waals surface area contributed by atoms with Gasteiger partial charge in [-0.1, -0.05) is 0 Å². The first-order valence-corrected chi connectivity index (χ1v) is 8.31. The zero-order chi connectivity index (χ0) is 17.5. The van der Waals surface area contributed by atoms with Crippen molar-refractivity contribution in [2.75, 3.05) is 27.2 Å². The molecule has 9 heteroatoms. The van der Waals surface area contributed by atoms with Crippen molar-refractivity contribution in [2.45, 2.75) is 17.7 Å². The van der Waals surface area contributed by atoms with Crippen LogP contribution < -0.4 is 4.72 Å². The second-order valence-electron chi connectivity index (χ2n) is 4.90. The van der Waals surface area contributed by atoms with E-state index in [0.717, 1.165) is 24.3 Å². The Hall–Kier alpha value is -2.00. The van der Waals surface area contributed by atoms with Gasteiger partial charge in [0.15, 0.2) is 6.61 Å². The maximum Gasteiger partial charge on any atom is 0.306 e. The van der Waals surface area contributed by atoms with Gasteiger partial charge in [0.2, 0.25) is 10.0 Å². The van der Waals surface area contributed by atoms with Gasteiger partial charge in [0, 0.05) is 27.1 Å². The van der Waals surface area contributed by atoms with Crippen LogP contribution in [0.25, 0.3) is 0 Å². The number of hydrogen-bond donors (Lipinski definition) is 1. The molecule has 0 heterocycles. The Morgan fingerprint density at radius 3 is 2.39 bits per heavy atom. The van der Waals surface area contributed by atoms with Gasteiger partial charge in [-0.15, -0.1) is 0 Å². The normalized spacial score (nSPS) is 11.1.